The van der Waals surface area contributed by atoms with E-state index in [4.69, 9.17) is 0 Å². The highest BCUT2D eigenvalue weighted by atomic mass is 31.1. The summed E-state index contributed by atoms with van der Waals surface area (Å²) in [6.45, 7) is 8.56. The van der Waals surface area contributed by atoms with Crippen molar-refractivity contribution in [3.8, 4) is 0 Å². The van der Waals surface area contributed by atoms with E-state index in [0.29, 0.717) is 19.8 Å². The van der Waals surface area contributed by atoms with Gasteiger partial charge in [-0.2, -0.15) is 0 Å². The van der Waals surface area contributed by atoms with Crippen LogP contribution in [0.25, 0.3) is 0 Å². The summed E-state index contributed by atoms with van der Waals surface area (Å²) in [5.41, 5.74) is 4.30. The Labute approximate surface area is 107 Å². The van der Waals surface area contributed by atoms with E-state index in [0.717, 1.165) is 24.8 Å². The lowest BCUT2D eigenvalue weighted by Gasteiger charge is -2.14. The normalized spacial score (nSPS) is 13.2. The van der Waals surface area contributed by atoms with Crippen molar-refractivity contribution >= 4 is 14.1 Å². The first-order chi connectivity index (χ1) is 8.13. The SMILES string of the molecule is CCc1cccc(CC)c1C(=O)PC(C)CC. The van der Waals surface area contributed by atoms with Crippen molar-refractivity contribution in [3.05, 3.63) is 34.9 Å². The van der Waals surface area contributed by atoms with Crippen molar-refractivity contribution in [3.63, 3.8) is 0 Å². The van der Waals surface area contributed by atoms with Crippen molar-refractivity contribution in [1.29, 1.82) is 0 Å². The molecule has 0 heterocycles. The average Bonchev–Trinajstić information content (AvgIpc) is 2.37. The minimum Gasteiger partial charge on any atom is -0.289 e. The van der Waals surface area contributed by atoms with Gasteiger partial charge in [0.1, 0.15) is 0 Å². The highest BCUT2D eigenvalue weighted by molar-refractivity contribution is 7.59. The van der Waals surface area contributed by atoms with Crippen molar-refractivity contribution in [2.24, 2.45) is 0 Å². The summed E-state index contributed by atoms with van der Waals surface area (Å²) in [4.78, 5) is 12.4. The highest BCUT2D eigenvalue weighted by Crippen LogP contribution is 2.30. The number of aryl methyl sites for hydroxylation is 2. The fourth-order valence-corrected chi connectivity index (χ4v) is 3.05. The van der Waals surface area contributed by atoms with Gasteiger partial charge in [-0.15, -0.1) is 0 Å². The summed E-state index contributed by atoms with van der Waals surface area (Å²) < 4.78 is 0. The predicted molar refractivity (Wildman–Crippen MR) is 77.6 cm³/mol. The first-order valence-corrected chi connectivity index (χ1v) is 7.63. The second-order valence-electron chi connectivity index (χ2n) is 4.44. The molecule has 0 saturated carbocycles. The Balaban J connectivity index is 3.05. The fourth-order valence-electron chi connectivity index (χ4n) is 1.93. The van der Waals surface area contributed by atoms with Crippen LogP contribution >= 0.6 is 8.58 Å². The van der Waals surface area contributed by atoms with Crippen LogP contribution in [-0.2, 0) is 12.8 Å². The highest BCUT2D eigenvalue weighted by Gasteiger charge is 2.16. The summed E-state index contributed by atoms with van der Waals surface area (Å²) >= 11 is 0. The van der Waals surface area contributed by atoms with E-state index in [1.54, 1.807) is 0 Å². The quantitative estimate of drug-likeness (QED) is 0.683. The fraction of sp³-hybridized carbons (Fsp3) is 0.533. The van der Waals surface area contributed by atoms with E-state index in [2.05, 4.69) is 45.9 Å². The number of hydrogen-bond donors (Lipinski definition) is 0. The third-order valence-corrected chi connectivity index (χ3v) is 4.63. The molecule has 0 spiro atoms. The lowest BCUT2D eigenvalue weighted by molar-refractivity contribution is 0.108. The van der Waals surface area contributed by atoms with Gasteiger partial charge in [0.25, 0.3) is 0 Å². The number of rotatable bonds is 6. The minimum absolute atomic E-state index is 0.355. The minimum atomic E-state index is 0.355. The van der Waals surface area contributed by atoms with E-state index < -0.39 is 0 Å². The third kappa shape index (κ3) is 3.64. The Hall–Kier alpha value is -0.680. The summed E-state index contributed by atoms with van der Waals surface area (Å²) in [6, 6.07) is 6.25. The molecular formula is C15H23OP. The summed E-state index contributed by atoms with van der Waals surface area (Å²) in [6.07, 6.45) is 2.97. The molecule has 0 bridgehead atoms. The molecule has 2 heteroatoms. The first-order valence-electron chi connectivity index (χ1n) is 6.55. The number of carbonyl (C=O) groups excluding carboxylic acids is 1. The summed E-state index contributed by atoms with van der Waals surface area (Å²) in [7, 11) is 0.417. The van der Waals surface area contributed by atoms with Gasteiger partial charge in [-0.3, -0.25) is 4.79 Å². The monoisotopic (exact) mass is 250 g/mol. The van der Waals surface area contributed by atoms with Crippen LogP contribution in [0.4, 0.5) is 0 Å². The first kappa shape index (κ1) is 14.4. The van der Waals surface area contributed by atoms with Crippen molar-refractivity contribution in [1.82, 2.24) is 0 Å². The molecule has 1 aromatic carbocycles. The number of benzene rings is 1. The van der Waals surface area contributed by atoms with Crippen molar-refractivity contribution < 1.29 is 4.79 Å². The molecule has 17 heavy (non-hydrogen) atoms. The lowest BCUT2D eigenvalue weighted by atomic mass is 9.98. The topological polar surface area (TPSA) is 17.1 Å². The van der Waals surface area contributed by atoms with Crippen molar-refractivity contribution in [2.75, 3.05) is 0 Å². The van der Waals surface area contributed by atoms with Crippen LogP contribution in [0.3, 0.4) is 0 Å². The number of carbonyl (C=O) groups is 1. The zero-order chi connectivity index (χ0) is 12.8. The van der Waals surface area contributed by atoms with Crippen LogP contribution in [0.15, 0.2) is 18.2 Å². The molecule has 2 unspecified atom stereocenters. The second-order valence-corrected chi connectivity index (χ2v) is 6.17. The second kappa shape index (κ2) is 6.91. The Bertz CT molecular complexity index is 362. The maximum atomic E-state index is 12.4. The summed E-state index contributed by atoms with van der Waals surface area (Å²) in [5.74, 6) is 0. The molecular weight excluding hydrogens is 227 g/mol. The van der Waals surface area contributed by atoms with Gasteiger partial charge in [0, 0.05) is 5.56 Å². The molecule has 1 nitrogen and oxygen atoms in total. The average molecular weight is 250 g/mol. The maximum absolute atomic E-state index is 12.4. The van der Waals surface area contributed by atoms with E-state index in [9.17, 15) is 4.79 Å². The molecule has 0 amide bonds. The van der Waals surface area contributed by atoms with Gasteiger partial charge in [0.2, 0.25) is 0 Å². The Morgan fingerprint density at radius 2 is 1.71 bits per heavy atom. The molecule has 0 saturated heterocycles. The lowest BCUT2D eigenvalue weighted by Crippen LogP contribution is -2.06. The molecule has 0 aliphatic carbocycles. The molecule has 0 aromatic heterocycles. The Kier molecular flexibility index (Phi) is 5.85. The molecule has 1 rings (SSSR count). The van der Waals surface area contributed by atoms with Crippen LogP contribution < -0.4 is 0 Å². The maximum Gasteiger partial charge on any atom is 0.181 e. The van der Waals surface area contributed by atoms with E-state index in [1.165, 1.54) is 11.1 Å². The molecule has 0 aliphatic heterocycles. The standard InChI is InChI=1S/C15H23OP/c1-5-11(4)17-15(16)14-12(6-2)9-8-10-13(14)7-3/h8-11,17H,5-7H2,1-4H3. The van der Waals surface area contributed by atoms with Crippen LogP contribution in [0.2, 0.25) is 0 Å². The predicted octanol–water partition coefficient (Wildman–Crippen LogP) is 4.43. The molecule has 0 aliphatic rings. The molecule has 0 radical (unpaired) electrons. The zero-order valence-electron chi connectivity index (χ0n) is 11.3. The van der Waals surface area contributed by atoms with Crippen LogP contribution in [0, 0.1) is 0 Å². The van der Waals surface area contributed by atoms with Gasteiger partial charge >= 0.3 is 0 Å². The Morgan fingerprint density at radius 3 is 2.12 bits per heavy atom. The molecule has 0 fully saturated rings. The van der Waals surface area contributed by atoms with E-state index >= 15 is 0 Å². The summed E-state index contributed by atoms with van der Waals surface area (Å²) in [5, 5.41) is 0. The van der Waals surface area contributed by atoms with Gasteiger partial charge in [-0.05, 0) is 44.6 Å². The van der Waals surface area contributed by atoms with Crippen LogP contribution in [0.1, 0.15) is 55.6 Å². The number of hydrogen-bond acceptors (Lipinski definition) is 1. The molecule has 2 atom stereocenters. The largest absolute Gasteiger partial charge is 0.289 e. The van der Waals surface area contributed by atoms with E-state index in [-0.39, 0.29) is 0 Å². The molecule has 0 N–H and O–H groups in total. The van der Waals surface area contributed by atoms with Gasteiger partial charge < -0.3 is 0 Å². The Morgan fingerprint density at radius 1 is 1.18 bits per heavy atom. The van der Waals surface area contributed by atoms with Gasteiger partial charge in [0.05, 0.1) is 0 Å². The third-order valence-electron chi connectivity index (χ3n) is 3.22. The van der Waals surface area contributed by atoms with Gasteiger partial charge in [-0.1, -0.05) is 45.9 Å². The van der Waals surface area contributed by atoms with Crippen LogP contribution in [-0.4, -0.2) is 11.2 Å². The van der Waals surface area contributed by atoms with Crippen molar-refractivity contribution in [2.45, 2.75) is 52.6 Å². The van der Waals surface area contributed by atoms with Gasteiger partial charge in [0.15, 0.2) is 5.52 Å². The van der Waals surface area contributed by atoms with E-state index in [1.807, 2.05) is 0 Å². The molecule has 94 valence electrons. The molecule has 1 aromatic rings. The smallest absolute Gasteiger partial charge is 0.181 e. The van der Waals surface area contributed by atoms with Gasteiger partial charge in [-0.25, -0.2) is 0 Å². The van der Waals surface area contributed by atoms with Crippen LogP contribution in [0.5, 0.6) is 0 Å². The zero-order valence-corrected chi connectivity index (χ0v) is 12.3.